The van der Waals surface area contributed by atoms with E-state index in [1.807, 2.05) is 25.1 Å². The van der Waals surface area contributed by atoms with Crippen LogP contribution in [-0.4, -0.2) is 19.8 Å². The lowest BCUT2D eigenvalue weighted by molar-refractivity contribution is 0.0817. The topological polar surface area (TPSA) is 44.5 Å². The van der Waals surface area contributed by atoms with Gasteiger partial charge in [0.25, 0.3) is 0 Å². The van der Waals surface area contributed by atoms with Crippen LogP contribution in [0.4, 0.5) is 5.69 Å². The summed E-state index contributed by atoms with van der Waals surface area (Å²) in [5.74, 6) is 1.40. The lowest BCUT2D eigenvalue weighted by Crippen LogP contribution is -2.10. The van der Waals surface area contributed by atoms with Crippen LogP contribution in [0.2, 0.25) is 0 Å². The molecule has 2 N–H and O–H groups in total. The minimum absolute atomic E-state index is 0.564. The van der Waals surface area contributed by atoms with Crippen LogP contribution in [0.25, 0.3) is 0 Å². The van der Waals surface area contributed by atoms with Crippen LogP contribution in [0, 0.1) is 12.8 Å². The van der Waals surface area contributed by atoms with E-state index in [0.717, 1.165) is 23.6 Å². The fourth-order valence-electron chi connectivity index (χ4n) is 1.32. The van der Waals surface area contributed by atoms with Crippen molar-refractivity contribution in [2.75, 3.05) is 25.6 Å². The lowest BCUT2D eigenvalue weighted by atomic mass is 10.2. The van der Waals surface area contributed by atoms with Crippen molar-refractivity contribution in [2.45, 2.75) is 20.8 Å². The molecule has 1 aromatic carbocycles. The predicted octanol–water partition coefficient (Wildman–Crippen LogP) is 2.63. The van der Waals surface area contributed by atoms with Crippen LogP contribution in [0.1, 0.15) is 19.4 Å². The van der Waals surface area contributed by atoms with Gasteiger partial charge in [-0.1, -0.05) is 19.9 Å². The Labute approximate surface area is 97.6 Å². The van der Waals surface area contributed by atoms with Crippen molar-refractivity contribution >= 4 is 5.69 Å². The fraction of sp³-hybridized carbons (Fsp3) is 0.538. The Hall–Kier alpha value is -1.22. The summed E-state index contributed by atoms with van der Waals surface area (Å²) in [6.45, 7) is 8.17. The van der Waals surface area contributed by atoms with Gasteiger partial charge in [-0.05, 0) is 25.0 Å². The average molecular weight is 223 g/mol. The number of nitrogen functional groups attached to an aromatic ring is 1. The maximum absolute atomic E-state index is 5.78. The average Bonchev–Trinajstić information content (AvgIpc) is 2.23. The summed E-state index contributed by atoms with van der Waals surface area (Å²) >= 11 is 0. The normalized spacial score (nSPS) is 10.8. The van der Waals surface area contributed by atoms with Crippen molar-refractivity contribution in [1.82, 2.24) is 0 Å². The first kappa shape index (κ1) is 12.8. The second-order valence-electron chi connectivity index (χ2n) is 4.29. The maximum atomic E-state index is 5.78. The number of nitrogens with two attached hydrogens (primary N) is 1. The number of hydrogen-bond acceptors (Lipinski definition) is 3. The van der Waals surface area contributed by atoms with Crippen molar-refractivity contribution in [3.05, 3.63) is 23.8 Å². The summed E-state index contributed by atoms with van der Waals surface area (Å²) in [7, 11) is 0. The first-order valence-electron chi connectivity index (χ1n) is 5.67. The molecule has 0 spiro atoms. The molecule has 1 aromatic rings. The molecule has 0 heterocycles. The van der Waals surface area contributed by atoms with Crippen LogP contribution in [0.15, 0.2) is 18.2 Å². The Morgan fingerprint density at radius 2 is 2.00 bits per heavy atom. The van der Waals surface area contributed by atoms with E-state index in [2.05, 4.69) is 13.8 Å². The van der Waals surface area contributed by atoms with E-state index >= 15 is 0 Å². The van der Waals surface area contributed by atoms with Gasteiger partial charge in [-0.2, -0.15) is 0 Å². The van der Waals surface area contributed by atoms with E-state index < -0.39 is 0 Å². The van der Waals surface area contributed by atoms with E-state index in [0.29, 0.717) is 19.1 Å². The third-order valence-electron chi connectivity index (χ3n) is 2.26. The van der Waals surface area contributed by atoms with Crippen molar-refractivity contribution in [2.24, 2.45) is 5.92 Å². The summed E-state index contributed by atoms with van der Waals surface area (Å²) < 4.78 is 11.0. The molecule has 0 saturated heterocycles. The second kappa shape index (κ2) is 6.38. The maximum Gasteiger partial charge on any atom is 0.124 e. The van der Waals surface area contributed by atoms with E-state index in [1.165, 1.54) is 0 Å². The quantitative estimate of drug-likeness (QED) is 0.595. The van der Waals surface area contributed by atoms with Gasteiger partial charge in [-0.25, -0.2) is 0 Å². The van der Waals surface area contributed by atoms with Gasteiger partial charge in [0.15, 0.2) is 0 Å². The standard InChI is InChI=1S/C13H21NO2/c1-10(2)9-15-7-8-16-13-6-4-5-12(14)11(13)3/h4-6,10H,7-9,14H2,1-3H3. The van der Waals surface area contributed by atoms with Gasteiger partial charge in [0.05, 0.1) is 6.61 Å². The number of ether oxygens (including phenoxy) is 2. The third kappa shape index (κ3) is 4.11. The summed E-state index contributed by atoms with van der Waals surface area (Å²) in [4.78, 5) is 0. The molecule has 0 aliphatic heterocycles. The minimum atomic E-state index is 0.564. The van der Waals surface area contributed by atoms with Crippen LogP contribution in [0.3, 0.4) is 0 Å². The molecule has 3 nitrogen and oxygen atoms in total. The summed E-state index contributed by atoms with van der Waals surface area (Å²) in [5.41, 5.74) is 7.54. The fourth-order valence-corrected chi connectivity index (χ4v) is 1.32. The monoisotopic (exact) mass is 223 g/mol. The largest absolute Gasteiger partial charge is 0.491 e. The van der Waals surface area contributed by atoms with Gasteiger partial charge < -0.3 is 15.2 Å². The molecular formula is C13H21NO2. The van der Waals surface area contributed by atoms with Gasteiger partial charge in [-0.15, -0.1) is 0 Å². The zero-order valence-corrected chi connectivity index (χ0v) is 10.3. The van der Waals surface area contributed by atoms with Crippen LogP contribution in [0.5, 0.6) is 5.75 Å². The molecule has 0 aliphatic rings. The molecule has 0 amide bonds. The Bertz CT molecular complexity index is 324. The SMILES string of the molecule is Cc1c(N)cccc1OCCOCC(C)C. The molecule has 1 rings (SSSR count). The van der Waals surface area contributed by atoms with E-state index in [-0.39, 0.29) is 0 Å². The first-order chi connectivity index (χ1) is 7.61. The number of rotatable bonds is 6. The Morgan fingerprint density at radius 1 is 1.25 bits per heavy atom. The Morgan fingerprint density at radius 3 is 2.69 bits per heavy atom. The molecule has 0 bridgehead atoms. The van der Waals surface area contributed by atoms with Gasteiger partial charge in [0.2, 0.25) is 0 Å². The van der Waals surface area contributed by atoms with Crippen molar-refractivity contribution in [1.29, 1.82) is 0 Å². The van der Waals surface area contributed by atoms with E-state index in [9.17, 15) is 0 Å². The highest BCUT2D eigenvalue weighted by Crippen LogP contribution is 2.22. The van der Waals surface area contributed by atoms with Gasteiger partial charge in [0, 0.05) is 17.9 Å². The Balaban J connectivity index is 2.29. The molecular weight excluding hydrogens is 202 g/mol. The van der Waals surface area contributed by atoms with Crippen LogP contribution >= 0.6 is 0 Å². The predicted molar refractivity (Wildman–Crippen MR) is 66.7 cm³/mol. The molecule has 16 heavy (non-hydrogen) atoms. The van der Waals surface area contributed by atoms with Gasteiger partial charge >= 0.3 is 0 Å². The van der Waals surface area contributed by atoms with Gasteiger partial charge in [-0.3, -0.25) is 0 Å². The van der Waals surface area contributed by atoms with Crippen LogP contribution in [-0.2, 0) is 4.74 Å². The highest BCUT2D eigenvalue weighted by Gasteiger charge is 2.01. The van der Waals surface area contributed by atoms with E-state index in [1.54, 1.807) is 0 Å². The molecule has 0 saturated carbocycles. The second-order valence-corrected chi connectivity index (χ2v) is 4.29. The smallest absolute Gasteiger partial charge is 0.124 e. The molecule has 90 valence electrons. The molecule has 0 radical (unpaired) electrons. The zero-order valence-electron chi connectivity index (χ0n) is 10.3. The zero-order chi connectivity index (χ0) is 12.0. The van der Waals surface area contributed by atoms with Crippen LogP contribution < -0.4 is 10.5 Å². The van der Waals surface area contributed by atoms with Gasteiger partial charge in [0.1, 0.15) is 12.4 Å². The molecule has 0 fully saturated rings. The molecule has 0 aromatic heterocycles. The summed E-state index contributed by atoms with van der Waals surface area (Å²) in [5, 5.41) is 0. The molecule has 0 aliphatic carbocycles. The highest BCUT2D eigenvalue weighted by atomic mass is 16.5. The summed E-state index contributed by atoms with van der Waals surface area (Å²) in [6.07, 6.45) is 0. The first-order valence-corrected chi connectivity index (χ1v) is 5.67. The molecule has 0 unspecified atom stereocenters. The Kier molecular flexibility index (Phi) is 5.12. The number of hydrogen-bond donors (Lipinski definition) is 1. The van der Waals surface area contributed by atoms with Crippen molar-refractivity contribution in [3.8, 4) is 5.75 Å². The lowest BCUT2D eigenvalue weighted by Gasteiger charge is -2.11. The number of benzene rings is 1. The highest BCUT2D eigenvalue weighted by molar-refractivity contribution is 5.53. The third-order valence-corrected chi connectivity index (χ3v) is 2.26. The van der Waals surface area contributed by atoms with Crippen molar-refractivity contribution < 1.29 is 9.47 Å². The minimum Gasteiger partial charge on any atom is -0.491 e. The summed E-state index contributed by atoms with van der Waals surface area (Å²) in [6, 6.07) is 5.69. The molecule has 0 atom stereocenters. The molecule has 3 heteroatoms. The number of anilines is 1. The van der Waals surface area contributed by atoms with Crippen molar-refractivity contribution in [3.63, 3.8) is 0 Å². The van der Waals surface area contributed by atoms with E-state index in [4.69, 9.17) is 15.2 Å².